The molecule has 0 radical (unpaired) electrons. The highest BCUT2D eigenvalue weighted by Crippen LogP contribution is 2.15. The van der Waals surface area contributed by atoms with Crippen LogP contribution in [-0.2, 0) is 0 Å². The summed E-state index contributed by atoms with van der Waals surface area (Å²) in [5.74, 6) is 0.928. The smallest absolute Gasteiger partial charge is 0.134 e. The van der Waals surface area contributed by atoms with Gasteiger partial charge < -0.3 is 4.90 Å². The average Bonchev–Trinajstić information content (AvgIpc) is 2.27. The quantitative estimate of drug-likeness (QED) is 0.501. The Morgan fingerprint density at radius 2 is 2.55 bits per heavy atom. The van der Waals surface area contributed by atoms with Crippen LogP contribution in [0.15, 0.2) is 21.2 Å². The fourth-order valence-electron chi connectivity index (χ4n) is 1.21. The first-order chi connectivity index (χ1) is 5.25. The van der Waals surface area contributed by atoms with E-state index >= 15 is 0 Å². The molecule has 2 heterocycles. The topological polar surface area (TPSA) is 28.0 Å². The van der Waals surface area contributed by atoms with Crippen molar-refractivity contribution in [3.8, 4) is 0 Å². The molecule has 0 aromatic rings. The number of halogens is 1. The number of rotatable bonds is 0. The van der Waals surface area contributed by atoms with Gasteiger partial charge in [-0.25, -0.2) is 4.99 Å². The summed E-state index contributed by atoms with van der Waals surface area (Å²) < 4.78 is 0. The predicted molar refractivity (Wildman–Crippen MR) is 46.0 cm³/mol. The number of hydrogen-bond acceptors (Lipinski definition) is 3. The molecule has 0 N–H and O–H groups in total. The Morgan fingerprint density at radius 1 is 1.73 bits per heavy atom. The maximum absolute atomic E-state index is 5.69. The lowest BCUT2D eigenvalue weighted by atomic mass is 10.4. The Kier molecular flexibility index (Phi) is 1.46. The zero-order valence-electron chi connectivity index (χ0n) is 6.16. The molecular formula is C7H8ClN3. The second-order valence-electron chi connectivity index (χ2n) is 2.70. The molecule has 2 rings (SSSR count). The molecule has 0 bridgehead atoms. The van der Waals surface area contributed by atoms with Crippen molar-refractivity contribution in [1.82, 2.24) is 4.90 Å². The molecule has 4 heteroatoms. The minimum atomic E-state index is 0.357. The molecule has 2 aliphatic heterocycles. The Morgan fingerprint density at radius 3 is 3.36 bits per heavy atom. The molecule has 0 saturated carbocycles. The van der Waals surface area contributed by atoms with Crippen molar-refractivity contribution in [2.24, 2.45) is 9.98 Å². The SMILES string of the molecule is CC1CN2C=NC(Cl)=CC2=N1. The van der Waals surface area contributed by atoms with E-state index in [9.17, 15) is 0 Å². The second kappa shape index (κ2) is 2.34. The summed E-state index contributed by atoms with van der Waals surface area (Å²) in [7, 11) is 0. The molecule has 0 amide bonds. The van der Waals surface area contributed by atoms with Crippen LogP contribution >= 0.6 is 11.6 Å². The summed E-state index contributed by atoms with van der Waals surface area (Å²) in [4.78, 5) is 10.3. The Balaban J connectivity index is 2.31. The fraction of sp³-hybridized carbons (Fsp3) is 0.429. The number of fused-ring (bicyclic) bond motifs is 1. The lowest BCUT2D eigenvalue weighted by Crippen LogP contribution is -2.27. The number of amidine groups is 1. The van der Waals surface area contributed by atoms with Crippen LogP contribution in [0.5, 0.6) is 0 Å². The third kappa shape index (κ3) is 1.16. The fourth-order valence-corrected chi connectivity index (χ4v) is 1.36. The van der Waals surface area contributed by atoms with Gasteiger partial charge in [-0.15, -0.1) is 0 Å². The van der Waals surface area contributed by atoms with Gasteiger partial charge in [0, 0.05) is 12.6 Å². The lowest BCUT2D eigenvalue weighted by Gasteiger charge is -2.14. The maximum atomic E-state index is 5.69. The largest absolute Gasteiger partial charge is 0.315 e. The standard InChI is InChI=1S/C7H8ClN3/c1-5-3-11-4-9-6(8)2-7(11)10-5/h2,4-5H,3H2,1H3. The highest BCUT2D eigenvalue weighted by atomic mass is 35.5. The molecule has 0 fully saturated rings. The highest BCUT2D eigenvalue weighted by molar-refractivity contribution is 6.32. The van der Waals surface area contributed by atoms with E-state index in [-0.39, 0.29) is 0 Å². The summed E-state index contributed by atoms with van der Waals surface area (Å²) in [6.45, 7) is 2.99. The van der Waals surface area contributed by atoms with Gasteiger partial charge in [0.2, 0.25) is 0 Å². The van der Waals surface area contributed by atoms with E-state index in [1.807, 2.05) is 4.90 Å². The molecule has 1 atom stereocenters. The molecule has 0 aromatic heterocycles. The zero-order valence-corrected chi connectivity index (χ0v) is 6.91. The molecule has 0 saturated heterocycles. The number of nitrogens with zero attached hydrogens (tertiary/aromatic N) is 3. The van der Waals surface area contributed by atoms with Gasteiger partial charge in [-0.3, -0.25) is 4.99 Å². The molecule has 3 nitrogen and oxygen atoms in total. The summed E-state index contributed by atoms with van der Waals surface area (Å²) in [5, 5.41) is 0.508. The molecule has 2 aliphatic rings. The first-order valence-electron chi connectivity index (χ1n) is 3.51. The summed E-state index contributed by atoms with van der Waals surface area (Å²) >= 11 is 5.69. The van der Waals surface area contributed by atoms with Crippen LogP contribution in [0.3, 0.4) is 0 Å². The van der Waals surface area contributed by atoms with Crippen LogP contribution in [0.1, 0.15) is 6.92 Å². The van der Waals surface area contributed by atoms with Crippen molar-refractivity contribution >= 4 is 23.8 Å². The Labute approximate surface area is 70.1 Å². The van der Waals surface area contributed by atoms with Gasteiger partial charge in [0.25, 0.3) is 0 Å². The van der Waals surface area contributed by atoms with E-state index in [1.165, 1.54) is 0 Å². The van der Waals surface area contributed by atoms with Crippen molar-refractivity contribution < 1.29 is 0 Å². The third-order valence-corrected chi connectivity index (χ3v) is 1.88. The zero-order chi connectivity index (χ0) is 7.84. The third-order valence-electron chi connectivity index (χ3n) is 1.68. The van der Waals surface area contributed by atoms with Gasteiger partial charge in [-0.05, 0) is 6.92 Å². The molecular weight excluding hydrogens is 162 g/mol. The van der Waals surface area contributed by atoms with Crippen LogP contribution < -0.4 is 0 Å². The summed E-state index contributed by atoms with van der Waals surface area (Å²) in [5.41, 5.74) is 0. The maximum Gasteiger partial charge on any atom is 0.134 e. The van der Waals surface area contributed by atoms with Crippen molar-refractivity contribution in [3.63, 3.8) is 0 Å². The van der Waals surface area contributed by atoms with Crippen LogP contribution in [0.4, 0.5) is 0 Å². The second-order valence-corrected chi connectivity index (χ2v) is 3.09. The molecule has 0 spiro atoms. The monoisotopic (exact) mass is 169 g/mol. The van der Waals surface area contributed by atoms with Gasteiger partial charge in [0.15, 0.2) is 0 Å². The van der Waals surface area contributed by atoms with Gasteiger partial charge >= 0.3 is 0 Å². The number of aliphatic imine (C=N–C) groups is 2. The van der Waals surface area contributed by atoms with Crippen molar-refractivity contribution in [1.29, 1.82) is 0 Å². The molecule has 58 valence electrons. The van der Waals surface area contributed by atoms with Gasteiger partial charge in [-0.2, -0.15) is 0 Å². The normalized spacial score (nSPS) is 28.2. The summed E-state index contributed by atoms with van der Waals surface area (Å²) in [6.07, 6.45) is 3.51. The number of hydrogen-bond donors (Lipinski definition) is 0. The lowest BCUT2D eigenvalue weighted by molar-refractivity contribution is 0.610. The Hall–Kier alpha value is -0.830. The van der Waals surface area contributed by atoms with E-state index in [0.717, 1.165) is 12.4 Å². The van der Waals surface area contributed by atoms with Crippen LogP contribution in [0, 0.1) is 0 Å². The predicted octanol–water partition coefficient (Wildman–Crippen LogP) is 1.21. The van der Waals surface area contributed by atoms with Crippen LogP contribution in [-0.4, -0.2) is 29.7 Å². The minimum Gasteiger partial charge on any atom is -0.315 e. The van der Waals surface area contributed by atoms with E-state index in [0.29, 0.717) is 11.2 Å². The average molecular weight is 170 g/mol. The van der Waals surface area contributed by atoms with Gasteiger partial charge in [0.1, 0.15) is 11.0 Å². The molecule has 1 unspecified atom stereocenters. The van der Waals surface area contributed by atoms with Crippen LogP contribution in [0.25, 0.3) is 0 Å². The molecule has 11 heavy (non-hydrogen) atoms. The van der Waals surface area contributed by atoms with Crippen molar-refractivity contribution in [2.45, 2.75) is 13.0 Å². The first kappa shape index (κ1) is 6.85. The van der Waals surface area contributed by atoms with Crippen molar-refractivity contribution in [3.05, 3.63) is 11.2 Å². The molecule has 0 aliphatic carbocycles. The van der Waals surface area contributed by atoms with Gasteiger partial charge in [-0.1, -0.05) is 11.6 Å². The van der Waals surface area contributed by atoms with Crippen molar-refractivity contribution in [2.75, 3.05) is 6.54 Å². The van der Waals surface area contributed by atoms with E-state index in [2.05, 4.69) is 16.9 Å². The van der Waals surface area contributed by atoms with E-state index < -0.39 is 0 Å². The van der Waals surface area contributed by atoms with Crippen LogP contribution in [0.2, 0.25) is 0 Å². The summed E-state index contributed by atoms with van der Waals surface area (Å²) in [6, 6.07) is 0.357. The first-order valence-corrected chi connectivity index (χ1v) is 3.89. The molecule has 0 aromatic carbocycles. The Bertz CT molecular complexity index is 267. The highest BCUT2D eigenvalue weighted by Gasteiger charge is 2.21. The minimum absolute atomic E-state index is 0.357. The van der Waals surface area contributed by atoms with Gasteiger partial charge in [0.05, 0.1) is 12.4 Å². The van der Waals surface area contributed by atoms with E-state index in [1.54, 1.807) is 12.4 Å². The van der Waals surface area contributed by atoms with E-state index in [4.69, 9.17) is 11.6 Å².